The van der Waals surface area contributed by atoms with E-state index in [2.05, 4.69) is 104 Å². The molecule has 2 N–H and O–H groups in total. The second-order valence-electron chi connectivity index (χ2n) is 11.1. The van der Waals surface area contributed by atoms with E-state index in [-0.39, 0.29) is 16.4 Å². The topological polar surface area (TPSA) is 45.2 Å². The molecule has 0 spiro atoms. The Labute approximate surface area is 205 Å². The molecule has 1 unspecified atom stereocenters. The maximum absolute atomic E-state index is 11.1. The SMILES string of the molecule is CC.CCC.CCC(C)(Cc1cccc(C)n1)Nc1cc(C(C)(C)C)cc(C(C)(C)C)c1O. The Bertz CT molecular complexity index is 843. The van der Waals surface area contributed by atoms with E-state index in [1.165, 1.54) is 12.0 Å². The van der Waals surface area contributed by atoms with Crippen LogP contribution >= 0.6 is 0 Å². The van der Waals surface area contributed by atoms with E-state index in [9.17, 15) is 5.11 Å². The van der Waals surface area contributed by atoms with Gasteiger partial charge < -0.3 is 10.4 Å². The smallest absolute Gasteiger partial charge is 0.142 e. The predicted octanol–water partition coefficient (Wildman–Crippen LogP) is 8.96. The second-order valence-corrected chi connectivity index (χ2v) is 11.1. The normalized spacial score (nSPS) is 13.1. The van der Waals surface area contributed by atoms with Gasteiger partial charge in [0, 0.05) is 28.9 Å². The lowest BCUT2D eigenvalue weighted by Crippen LogP contribution is -2.37. The van der Waals surface area contributed by atoms with Crippen molar-refractivity contribution in [2.75, 3.05) is 5.32 Å². The van der Waals surface area contributed by atoms with Crippen LogP contribution in [0.25, 0.3) is 0 Å². The maximum atomic E-state index is 11.1. The largest absolute Gasteiger partial charge is 0.505 e. The number of rotatable bonds is 5. The van der Waals surface area contributed by atoms with Gasteiger partial charge in [-0.05, 0) is 54.9 Å². The summed E-state index contributed by atoms with van der Waals surface area (Å²) in [6, 6.07) is 10.4. The minimum absolute atomic E-state index is 0.00481. The number of pyridine rings is 1. The Morgan fingerprint density at radius 2 is 1.42 bits per heavy atom. The fraction of sp³-hybridized carbons (Fsp3) is 0.633. The van der Waals surface area contributed by atoms with Crippen LogP contribution in [0.15, 0.2) is 30.3 Å². The van der Waals surface area contributed by atoms with Crippen molar-refractivity contribution in [2.24, 2.45) is 0 Å². The zero-order chi connectivity index (χ0) is 26.0. The summed E-state index contributed by atoms with van der Waals surface area (Å²) in [4.78, 5) is 4.68. The van der Waals surface area contributed by atoms with Gasteiger partial charge in [-0.25, -0.2) is 0 Å². The van der Waals surface area contributed by atoms with Crippen LogP contribution in [-0.2, 0) is 17.3 Å². The number of phenols is 1. The summed E-state index contributed by atoms with van der Waals surface area (Å²) in [5, 5.41) is 14.8. The number of hydrogen-bond donors (Lipinski definition) is 2. The molecule has 0 amide bonds. The van der Waals surface area contributed by atoms with Gasteiger partial charge in [-0.2, -0.15) is 0 Å². The van der Waals surface area contributed by atoms with E-state index >= 15 is 0 Å². The Hall–Kier alpha value is -2.03. The minimum Gasteiger partial charge on any atom is -0.505 e. The number of nitrogens with zero attached hydrogens (tertiary/aromatic N) is 1. The summed E-state index contributed by atoms with van der Waals surface area (Å²) in [7, 11) is 0. The van der Waals surface area contributed by atoms with Crippen molar-refractivity contribution in [2.45, 2.75) is 126 Å². The monoisotopic (exact) mass is 456 g/mol. The molecular weight excluding hydrogens is 404 g/mol. The Morgan fingerprint density at radius 3 is 1.85 bits per heavy atom. The molecule has 0 radical (unpaired) electrons. The molecular formula is C30H52N2O. The summed E-state index contributed by atoms with van der Waals surface area (Å²) in [6.45, 7) is 27.7. The first-order valence-corrected chi connectivity index (χ1v) is 12.8. The molecule has 0 aliphatic heterocycles. The number of hydrogen-bond acceptors (Lipinski definition) is 3. The van der Waals surface area contributed by atoms with E-state index in [1.807, 2.05) is 26.8 Å². The van der Waals surface area contributed by atoms with Crippen LogP contribution in [0.2, 0.25) is 0 Å². The first kappa shape index (κ1) is 31.0. The number of benzene rings is 1. The molecule has 2 rings (SSSR count). The number of aromatic hydroxyl groups is 1. The third kappa shape index (κ3) is 9.78. The molecule has 1 aromatic carbocycles. The molecule has 0 aliphatic rings. The van der Waals surface area contributed by atoms with E-state index in [0.29, 0.717) is 5.75 Å². The van der Waals surface area contributed by atoms with Gasteiger partial charge in [0.15, 0.2) is 0 Å². The van der Waals surface area contributed by atoms with Crippen molar-refractivity contribution in [1.82, 2.24) is 4.98 Å². The van der Waals surface area contributed by atoms with Crippen LogP contribution in [0.5, 0.6) is 5.75 Å². The third-order valence-electron chi connectivity index (χ3n) is 5.52. The molecule has 188 valence electrons. The van der Waals surface area contributed by atoms with Gasteiger partial charge in [0.05, 0.1) is 5.69 Å². The van der Waals surface area contributed by atoms with Crippen molar-refractivity contribution in [3.63, 3.8) is 0 Å². The summed E-state index contributed by atoms with van der Waals surface area (Å²) >= 11 is 0. The molecule has 1 heterocycles. The fourth-order valence-electron chi connectivity index (χ4n) is 3.41. The lowest BCUT2D eigenvalue weighted by atomic mass is 9.79. The Morgan fingerprint density at radius 1 is 0.879 bits per heavy atom. The van der Waals surface area contributed by atoms with Crippen LogP contribution in [0, 0.1) is 6.92 Å². The maximum Gasteiger partial charge on any atom is 0.142 e. The van der Waals surface area contributed by atoms with Gasteiger partial charge >= 0.3 is 0 Å². The highest BCUT2D eigenvalue weighted by Gasteiger charge is 2.29. The first-order valence-electron chi connectivity index (χ1n) is 12.8. The van der Waals surface area contributed by atoms with Crippen molar-refractivity contribution < 1.29 is 5.11 Å². The van der Waals surface area contributed by atoms with Crippen LogP contribution < -0.4 is 5.32 Å². The van der Waals surface area contributed by atoms with Gasteiger partial charge in [0.1, 0.15) is 5.75 Å². The van der Waals surface area contributed by atoms with Crippen molar-refractivity contribution in [3.8, 4) is 5.75 Å². The summed E-state index contributed by atoms with van der Waals surface area (Å²) in [6.07, 6.45) is 2.97. The van der Waals surface area contributed by atoms with Crippen LogP contribution in [0.1, 0.15) is 118 Å². The number of aromatic nitrogens is 1. The number of nitrogens with one attached hydrogen (secondary N) is 1. The van der Waals surface area contributed by atoms with Crippen LogP contribution in [0.3, 0.4) is 0 Å². The third-order valence-corrected chi connectivity index (χ3v) is 5.52. The molecule has 3 heteroatoms. The van der Waals surface area contributed by atoms with Gasteiger partial charge in [-0.3, -0.25) is 4.98 Å². The van der Waals surface area contributed by atoms with Gasteiger partial charge in [0.2, 0.25) is 0 Å². The first-order chi connectivity index (χ1) is 15.2. The highest BCUT2D eigenvalue weighted by atomic mass is 16.3. The molecule has 1 aromatic heterocycles. The standard InChI is InChI=1S/C25H38N2O.C3H8.C2H6/c1-10-25(9,16-19-13-11-12-17(2)26-19)27-21-15-18(23(3,4)5)14-20(22(21)28)24(6,7)8;1-3-2;1-2/h11-15,27-28H,10,16H2,1-9H3;3H2,1-2H3;1-2H3. The zero-order valence-corrected chi connectivity index (χ0v) is 23.9. The van der Waals surface area contributed by atoms with Gasteiger partial charge in [-0.1, -0.05) is 94.7 Å². The highest BCUT2D eigenvalue weighted by Crippen LogP contribution is 2.41. The van der Waals surface area contributed by atoms with E-state index < -0.39 is 0 Å². The summed E-state index contributed by atoms with van der Waals surface area (Å²) in [5.41, 5.74) is 4.79. The second kappa shape index (κ2) is 13.0. The fourth-order valence-corrected chi connectivity index (χ4v) is 3.41. The van der Waals surface area contributed by atoms with Crippen LogP contribution in [0.4, 0.5) is 5.69 Å². The number of phenolic OH excluding ortho intramolecular Hbond substituents is 1. The number of anilines is 1. The van der Waals surface area contributed by atoms with Crippen molar-refractivity contribution in [1.29, 1.82) is 0 Å². The lowest BCUT2D eigenvalue weighted by Gasteiger charge is -2.34. The highest BCUT2D eigenvalue weighted by molar-refractivity contribution is 5.64. The minimum atomic E-state index is -0.204. The van der Waals surface area contributed by atoms with Crippen molar-refractivity contribution in [3.05, 3.63) is 52.8 Å². The molecule has 3 nitrogen and oxygen atoms in total. The quantitative estimate of drug-likeness (QED) is 0.441. The summed E-state index contributed by atoms with van der Waals surface area (Å²) in [5.74, 6) is 0.359. The summed E-state index contributed by atoms with van der Waals surface area (Å²) < 4.78 is 0. The molecule has 2 aromatic rings. The Kier molecular flexibility index (Phi) is 12.2. The van der Waals surface area contributed by atoms with E-state index in [0.717, 1.165) is 35.5 Å². The molecule has 33 heavy (non-hydrogen) atoms. The van der Waals surface area contributed by atoms with Gasteiger partial charge in [0.25, 0.3) is 0 Å². The number of aryl methyl sites for hydroxylation is 1. The van der Waals surface area contributed by atoms with Crippen molar-refractivity contribution >= 4 is 5.69 Å². The molecule has 0 fully saturated rings. The van der Waals surface area contributed by atoms with Crippen LogP contribution in [-0.4, -0.2) is 15.6 Å². The van der Waals surface area contributed by atoms with E-state index in [4.69, 9.17) is 0 Å². The average Bonchev–Trinajstić information content (AvgIpc) is 2.70. The molecule has 0 saturated heterocycles. The molecule has 0 saturated carbocycles. The average molecular weight is 457 g/mol. The van der Waals surface area contributed by atoms with E-state index in [1.54, 1.807) is 0 Å². The van der Waals surface area contributed by atoms with Gasteiger partial charge in [-0.15, -0.1) is 0 Å². The Balaban J connectivity index is 0.00000189. The molecule has 0 bridgehead atoms. The zero-order valence-electron chi connectivity index (χ0n) is 23.9. The lowest BCUT2D eigenvalue weighted by molar-refractivity contribution is 0.437. The molecule has 1 atom stereocenters. The molecule has 0 aliphatic carbocycles. The predicted molar refractivity (Wildman–Crippen MR) is 148 cm³/mol.